The number of aromatic carboxylic acids is 1. The maximum Gasteiger partial charge on any atom is 0.335 e. The van der Waals surface area contributed by atoms with E-state index in [2.05, 4.69) is 6.07 Å². The van der Waals surface area contributed by atoms with Crippen LogP contribution in [0.5, 0.6) is 5.75 Å². The maximum absolute atomic E-state index is 13.2. The second kappa shape index (κ2) is 9.40. The van der Waals surface area contributed by atoms with Crippen LogP contribution in [0, 0.1) is 5.82 Å². The summed E-state index contributed by atoms with van der Waals surface area (Å²) in [4.78, 5) is 12.6. The number of hydrogen-bond donors (Lipinski definition) is 1. The van der Waals surface area contributed by atoms with Gasteiger partial charge in [-0.2, -0.15) is 0 Å². The third-order valence-corrected chi connectivity index (χ3v) is 6.22. The number of benzene rings is 3. The molecule has 3 aromatic rings. The van der Waals surface area contributed by atoms with Crippen molar-refractivity contribution in [1.82, 2.24) is 0 Å². The SMILES string of the molecule is CSc1ccc(OCc2ccc(F)cc2)c(C2=C(c3cccc(C(=O)O)c3)CCC2)c1. The molecule has 0 amide bonds. The van der Waals surface area contributed by atoms with E-state index in [1.54, 1.807) is 42.1 Å². The molecule has 4 rings (SSSR count). The van der Waals surface area contributed by atoms with Crippen LogP contribution in [0.4, 0.5) is 4.39 Å². The van der Waals surface area contributed by atoms with Crippen molar-refractivity contribution in [2.75, 3.05) is 6.26 Å². The van der Waals surface area contributed by atoms with E-state index in [-0.39, 0.29) is 5.82 Å². The van der Waals surface area contributed by atoms with Gasteiger partial charge in [-0.15, -0.1) is 11.8 Å². The molecule has 1 aliphatic carbocycles. The van der Waals surface area contributed by atoms with E-state index in [4.69, 9.17) is 4.74 Å². The number of rotatable bonds is 7. The minimum absolute atomic E-state index is 0.266. The Labute approximate surface area is 185 Å². The summed E-state index contributed by atoms with van der Waals surface area (Å²) in [5.74, 6) is -0.404. The lowest BCUT2D eigenvalue weighted by atomic mass is 9.95. The lowest BCUT2D eigenvalue weighted by Crippen LogP contribution is -2.00. The Morgan fingerprint density at radius 2 is 1.81 bits per heavy atom. The summed E-state index contributed by atoms with van der Waals surface area (Å²) in [7, 11) is 0. The Morgan fingerprint density at radius 3 is 2.55 bits per heavy atom. The molecular weight excluding hydrogens is 411 g/mol. The molecule has 0 spiro atoms. The summed E-state index contributed by atoms with van der Waals surface area (Å²) in [6.45, 7) is 0.350. The average Bonchev–Trinajstić information content (AvgIpc) is 3.28. The van der Waals surface area contributed by atoms with E-state index >= 15 is 0 Å². The lowest BCUT2D eigenvalue weighted by Gasteiger charge is -2.16. The van der Waals surface area contributed by atoms with Gasteiger partial charge in [-0.1, -0.05) is 24.3 Å². The Kier molecular flexibility index (Phi) is 6.42. The first kappa shape index (κ1) is 21.2. The van der Waals surface area contributed by atoms with Gasteiger partial charge in [-0.25, -0.2) is 9.18 Å². The zero-order chi connectivity index (χ0) is 21.8. The molecule has 0 saturated heterocycles. The van der Waals surface area contributed by atoms with Crippen LogP contribution in [0.25, 0.3) is 11.1 Å². The van der Waals surface area contributed by atoms with E-state index in [0.29, 0.717) is 12.2 Å². The molecule has 0 radical (unpaired) electrons. The predicted octanol–water partition coefficient (Wildman–Crippen LogP) is 6.92. The zero-order valence-electron chi connectivity index (χ0n) is 17.2. The van der Waals surface area contributed by atoms with Crippen molar-refractivity contribution >= 4 is 28.9 Å². The fraction of sp³-hybridized carbons (Fsp3) is 0.192. The first-order valence-corrected chi connectivity index (χ1v) is 11.4. The molecule has 0 saturated carbocycles. The highest BCUT2D eigenvalue weighted by molar-refractivity contribution is 7.98. The van der Waals surface area contributed by atoms with E-state index in [0.717, 1.165) is 46.6 Å². The van der Waals surface area contributed by atoms with Gasteiger partial charge in [0, 0.05) is 10.5 Å². The molecule has 0 bridgehead atoms. The summed E-state index contributed by atoms with van der Waals surface area (Å²) >= 11 is 1.67. The molecule has 0 aliphatic heterocycles. The fourth-order valence-corrected chi connectivity index (χ4v) is 4.38. The lowest BCUT2D eigenvalue weighted by molar-refractivity contribution is 0.0697. The Morgan fingerprint density at radius 1 is 1.03 bits per heavy atom. The van der Waals surface area contributed by atoms with Crippen molar-refractivity contribution in [3.05, 3.63) is 94.8 Å². The van der Waals surface area contributed by atoms with Crippen molar-refractivity contribution in [3.8, 4) is 5.75 Å². The second-order valence-corrected chi connectivity index (χ2v) is 8.35. The van der Waals surface area contributed by atoms with Gasteiger partial charge in [-0.3, -0.25) is 0 Å². The molecule has 3 aromatic carbocycles. The number of carbonyl (C=O) groups is 1. The maximum atomic E-state index is 13.2. The topological polar surface area (TPSA) is 46.5 Å². The number of ether oxygens (including phenoxy) is 1. The smallest absolute Gasteiger partial charge is 0.335 e. The zero-order valence-corrected chi connectivity index (χ0v) is 18.0. The highest BCUT2D eigenvalue weighted by Crippen LogP contribution is 2.44. The Hall–Kier alpha value is -3.05. The molecule has 0 atom stereocenters. The van der Waals surface area contributed by atoms with E-state index in [9.17, 15) is 14.3 Å². The standard InChI is InChI=1S/C26H23FO3S/c1-31-21-12-13-25(30-16-17-8-10-20(27)11-9-17)24(15-21)23-7-3-6-22(23)18-4-2-5-19(14-18)26(28)29/h2,4-5,8-15H,3,6-7,16H2,1H3,(H,28,29). The molecule has 1 aliphatic rings. The Bertz CT molecular complexity index is 1140. The van der Waals surface area contributed by atoms with Crippen LogP contribution in [0.2, 0.25) is 0 Å². The van der Waals surface area contributed by atoms with Crippen molar-refractivity contribution in [2.45, 2.75) is 30.8 Å². The average molecular weight is 435 g/mol. The molecule has 158 valence electrons. The molecule has 1 N–H and O–H groups in total. The van der Waals surface area contributed by atoms with Gasteiger partial charge in [0.2, 0.25) is 0 Å². The van der Waals surface area contributed by atoms with Crippen LogP contribution < -0.4 is 4.74 Å². The van der Waals surface area contributed by atoms with Crippen molar-refractivity contribution in [3.63, 3.8) is 0 Å². The number of carboxylic acid groups (broad SMARTS) is 1. The highest BCUT2D eigenvalue weighted by Gasteiger charge is 2.22. The van der Waals surface area contributed by atoms with Gasteiger partial charge in [0.05, 0.1) is 5.56 Å². The van der Waals surface area contributed by atoms with Gasteiger partial charge >= 0.3 is 5.97 Å². The van der Waals surface area contributed by atoms with Crippen LogP contribution in [0.3, 0.4) is 0 Å². The quantitative estimate of drug-likeness (QED) is 0.410. The number of thioether (sulfide) groups is 1. The molecule has 0 unspecified atom stereocenters. The highest BCUT2D eigenvalue weighted by atomic mass is 32.2. The molecule has 0 aromatic heterocycles. The fourth-order valence-electron chi connectivity index (χ4n) is 3.94. The van der Waals surface area contributed by atoms with Crippen LogP contribution >= 0.6 is 11.8 Å². The molecule has 0 fully saturated rings. The van der Waals surface area contributed by atoms with Crippen LogP contribution in [0.1, 0.15) is 46.3 Å². The largest absolute Gasteiger partial charge is 0.488 e. The summed E-state index contributed by atoms with van der Waals surface area (Å²) in [6, 6.07) is 19.6. The van der Waals surface area contributed by atoms with Crippen molar-refractivity contribution < 1.29 is 19.0 Å². The van der Waals surface area contributed by atoms with Crippen LogP contribution in [0.15, 0.2) is 71.6 Å². The summed E-state index contributed by atoms with van der Waals surface area (Å²) < 4.78 is 19.4. The van der Waals surface area contributed by atoms with E-state index < -0.39 is 5.97 Å². The number of carboxylic acids is 1. The van der Waals surface area contributed by atoms with E-state index in [1.807, 2.05) is 24.5 Å². The normalized spacial score (nSPS) is 13.5. The van der Waals surface area contributed by atoms with E-state index in [1.165, 1.54) is 23.3 Å². The van der Waals surface area contributed by atoms with Gasteiger partial charge in [0.25, 0.3) is 0 Å². The molecule has 3 nitrogen and oxygen atoms in total. The first-order valence-electron chi connectivity index (χ1n) is 10.2. The summed E-state index contributed by atoms with van der Waals surface area (Å²) in [5.41, 5.74) is 5.56. The van der Waals surface area contributed by atoms with Crippen LogP contribution in [-0.2, 0) is 6.61 Å². The number of halogens is 1. The van der Waals surface area contributed by atoms with Crippen molar-refractivity contribution in [2.24, 2.45) is 0 Å². The predicted molar refractivity (Wildman–Crippen MR) is 123 cm³/mol. The minimum Gasteiger partial charge on any atom is -0.488 e. The number of hydrogen-bond acceptors (Lipinski definition) is 3. The molecular formula is C26H23FO3S. The monoisotopic (exact) mass is 434 g/mol. The van der Waals surface area contributed by atoms with Gasteiger partial charge in [0.15, 0.2) is 0 Å². The third-order valence-electron chi connectivity index (χ3n) is 5.50. The second-order valence-electron chi connectivity index (χ2n) is 7.47. The van der Waals surface area contributed by atoms with Gasteiger partial charge in [0.1, 0.15) is 18.2 Å². The molecule has 5 heteroatoms. The summed E-state index contributed by atoms with van der Waals surface area (Å²) in [6.07, 6.45) is 4.87. The number of allylic oxidation sites excluding steroid dienone is 2. The summed E-state index contributed by atoms with van der Waals surface area (Å²) in [5, 5.41) is 9.38. The first-order chi connectivity index (χ1) is 15.0. The van der Waals surface area contributed by atoms with Gasteiger partial charge in [-0.05, 0) is 90.3 Å². The Balaban J connectivity index is 1.72. The van der Waals surface area contributed by atoms with Crippen LogP contribution in [-0.4, -0.2) is 17.3 Å². The van der Waals surface area contributed by atoms with Gasteiger partial charge < -0.3 is 9.84 Å². The molecule has 31 heavy (non-hydrogen) atoms. The third kappa shape index (κ3) is 4.83. The minimum atomic E-state index is -0.922. The molecule has 0 heterocycles. The van der Waals surface area contributed by atoms with Crippen molar-refractivity contribution in [1.29, 1.82) is 0 Å².